The van der Waals surface area contributed by atoms with Crippen LogP contribution in [0.2, 0.25) is 0 Å². The normalized spacial score (nSPS) is 14.9. The summed E-state index contributed by atoms with van der Waals surface area (Å²) in [6.07, 6.45) is 4.67. The molecule has 2 rings (SSSR count). The average Bonchev–Trinajstić information content (AvgIpc) is 3.14. The number of aliphatic hydroxyl groups is 1. The van der Waals surface area contributed by atoms with Gasteiger partial charge in [0, 0.05) is 20.2 Å². The van der Waals surface area contributed by atoms with E-state index in [1.165, 1.54) is 12.8 Å². The fraction of sp³-hybridized carbons (Fsp3) is 0.786. The Labute approximate surface area is 119 Å². The lowest BCUT2D eigenvalue weighted by atomic mass is 10.2. The highest BCUT2D eigenvalue weighted by Gasteiger charge is 2.21. The van der Waals surface area contributed by atoms with Gasteiger partial charge in [0.15, 0.2) is 5.13 Å². The van der Waals surface area contributed by atoms with Crippen LogP contribution in [0.5, 0.6) is 0 Å². The molecule has 0 bridgehead atoms. The molecule has 0 amide bonds. The highest BCUT2D eigenvalue weighted by molar-refractivity contribution is 7.15. The Hall–Kier alpha value is -0.650. The van der Waals surface area contributed by atoms with Crippen molar-refractivity contribution in [3.63, 3.8) is 0 Å². The molecule has 1 aromatic heterocycles. The molecule has 4 nitrogen and oxygen atoms in total. The van der Waals surface area contributed by atoms with Crippen LogP contribution in [0.15, 0.2) is 0 Å². The van der Waals surface area contributed by atoms with Crippen molar-refractivity contribution in [2.45, 2.75) is 39.2 Å². The number of hydrogen-bond donors (Lipinski definition) is 1. The first-order chi connectivity index (χ1) is 9.24. The maximum atomic E-state index is 9.35. The SMILES string of the molecule is CCCc1nc(N(C)CCOCC2CC2)sc1CO. The minimum absolute atomic E-state index is 0.0962. The van der Waals surface area contributed by atoms with E-state index in [1.54, 1.807) is 11.3 Å². The first-order valence-corrected chi connectivity index (χ1v) is 7.94. The van der Waals surface area contributed by atoms with Crippen LogP contribution in [-0.4, -0.2) is 36.9 Å². The average molecular weight is 284 g/mol. The molecular formula is C14H24N2O2S. The monoisotopic (exact) mass is 284 g/mol. The summed E-state index contributed by atoms with van der Waals surface area (Å²) in [7, 11) is 2.04. The van der Waals surface area contributed by atoms with E-state index in [2.05, 4.69) is 16.8 Å². The fourth-order valence-corrected chi connectivity index (χ4v) is 2.87. The number of aromatic nitrogens is 1. The molecule has 1 N–H and O–H groups in total. The first-order valence-electron chi connectivity index (χ1n) is 7.13. The number of aliphatic hydroxyl groups excluding tert-OH is 1. The number of thiazole rings is 1. The molecule has 1 fully saturated rings. The van der Waals surface area contributed by atoms with E-state index in [4.69, 9.17) is 4.74 Å². The predicted molar refractivity (Wildman–Crippen MR) is 78.8 cm³/mol. The Morgan fingerprint density at radius 1 is 1.47 bits per heavy atom. The van der Waals surface area contributed by atoms with Crippen LogP contribution in [0.1, 0.15) is 36.8 Å². The minimum atomic E-state index is 0.0962. The number of ether oxygens (including phenoxy) is 1. The lowest BCUT2D eigenvalue weighted by Gasteiger charge is -2.15. The largest absolute Gasteiger partial charge is 0.391 e. The van der Waals surface area contributed by atoms with Crippen LogP contribution >= 0.6 is 11.3 Å². The van der Waals surface area contributed by atoms with E-state index >= 15 is 0 Å². The zero-order valence-corrected chi connectivity index (χ0v) is 12.7. The minimum Gasteiger partial charge on any atom is -0.391 e. The molecule has 1 aliphatic carbocycles. The van der Waals surface area contributed by atoms with Crippen LogP contribution in [0.25, 0.3) is 0 Å². The Balaban J connectivity index is 1.80. The molecule has 0 radical (unpaired) electrons. The molecule has 0 atom stereocenters. The van der Waals surface area contributed by atoms with Crippen molar-refractivity contribution in [2.24, 2.45) is 5.92 Å². The zero-order valence-electron chi connectivity index (χ0n) is 11.9. The number of nitrogens with zero attached hydrogens (tertiary/aromatic N) is 2. The van der Waals surface area contributed by atoms with E-state index in [1.807, 2.05) is 7.05 Å². The van der Waals surface area contributed by atoms with E-state index in [9.17, 15) is 5.11 Å². The number of likely N-dealkylation sites (N-methyl/N-ethyl adjacent to an activating group) is 1. The zero-order chi connectivity index (χ0) is 13.7. The summed E-state index contributed by atoms with van der Waals surface area (Å²) in [5.41, 5.74) is 1.05. The molecule has 1 heterocycles. The molecule has 1 saturated carbocycles. The van der Waals surface area contributed by atoms with Gasteiger partial charge in [0.2, 0.25) is 0 Å². The first kappa shape index (κ1) is 14.8. The van der Waals surface area contributed by atoms with Crippen molar-refractivity contribution in [1.82, 2.24) is 4.98 Å². The number of anilines is 1. The van der Waals surface area contributed by atoms with Crippen LogP contribution in [-0.2, 0) is 17.8 Å². The third-order valence-corrected chi connectivity index (χ3v) is 4.54. The summed E-state index contributed by atoms with van der Waals surface area (Å²) >= 11 is 1.59. The van der Waals surface area contributed by atoms with Gasteiger partial charge in [-0.05, 0) is 25.2 Å². The van der Waals surface area contributed by atoms with Gasteiger partial charge in [0.25, 0.3) is 0 Å². The van der Waals surface area contributed by atoms with E-state index in [0.29, 0.717) is 0 Å². The van der Waals surface area contributed by atoms with Crippen molar-refractivity contribution < 1.29 is 9.84 Å². The van der Waals surface area contributed by atoms with Crippen LogP contribution in [0.4, 0.5) is 5.13 Å². The molecule has 1 aliphatic rings. The number of hydrogen-bond acceptors (Lipinski definition) is 5. The van der Waals surface area contributed by atoms with Gasteiger partial charge in [-0.15, -0.1) is 0 Å². The molecule has 0 aliphatic heterocycles. The van der Waals surface area contributed by atoms with Crippen molar-refractivity contribution in [3.8, 4) is 0 Å². The van der Waals surface area contributed by atoms with E-state index in [-0.39, 0.29) is 6.61 Å². The van der Waals surface area contributed by atoms with Gasteiger partial charge in [-0.2, -0.15) is 0 Å². The van der Waals surface area contributed by atoms with Gasteiger partial charge in [0.05, 0.1) is 23.8 Å². The van der Waals surface area contributed by atoms with Gasteiger partial charge >= 0.3 is 0 Å². The molecule has 19 heavy (non-hydrogen) atoms. The maximum absolute atomic E-state index is 9.35. The van der Waals surface area contributed by atoms with Crippen molar-refractivity contribution in [1.29, 1.82) is 0 Å². The Bertz CT molecular complexity index is 391. The van der Waals surface area contributed by atoms with Crippen LogP contribution in [0, 0.1) is 5.92 Å². The van der Waals surface area contributed by atoms with Gasteiger partial charge in [0.1, 0.15) is 0 Å². The predicted octanol–water partition coefficient (Wildman–Crippen LogP) is 2.45. The topological polar surface area (TPSA) is 45.6 Å². The third kappa shape index (κ3) is 4.44. The van der Waals surface area contributed by atoms with Gasteiger partial charge < -0.3 is 14.7 Å². The summed E-state index contributed by atoms with van der Waals surface area (Å²) in [5, 5.41) is 10.3. The summed E-state index contributed by atoms with van der Waals surface area (Å²) in [5.74, 6) is 0.822. The van der Waals surface area contributed by atoms with Gasteiger partial charge in [-0.25, -0.2) is 4.98 Å². The van der Waals surface area contributed by atoms with Crippen molar-refractivity contribution >= 4 is 16.5 Å². The fourth-order valence-electron chi connectivity index (χ4n) is 1.92. The smallest absolute Gasteiger partial charge is 0.185 e. The molecule has 0 saturated heterocycles. The second-order valence-electron chi connectivity index (χ2n) is 5.21. The second-order valence-corrected chi connectivity index (χ2v) is 6.28. The Kier molecular flexibility index (Phi) is 5.60. The van der Waals surface area contributed by atoms with E-state index in [0.717, 1.165) is 54.2 Å². The van der Waals surface area contributed by atoms with E-state index < -0.39 is 0 Å². The lowest BCUT2D eigenvalue weighted by Crippen LogP contribution is -2.22. The summed E-state index contributed by atoms with van der Waals surface area (Å²) in [4.78, 5) is 7.75. The quantitative estimate of drug-likeness (QED) is 0.708. The molecule has 0 spiro atoms. The molecule has 1 aromatic rings. The molecular weight excluding hydrogens is 260 g/mol. The summed E-state index contributed by atoms with van der Waals surface area (Å²) in [6, 6.07) is 0. The standard InChI is InChI=1S/C14H24N2O2S/c1-3-4-12-13(9-17)19-14(15-12)16(2)7-8-18-10-11-5-6-11/h11,17H,3-10H2,1-2H3. The van der Waals surface area contributed by atoms with Gasteiger partial charge in [-0.3, -0.25) is 0 Å². The summed E-state index contributed by atoms with van der Waals surface area (Å²) in [6.45, 7) is 4.75. The molecule has 0 aromatic carbocycles. The third-order valence-electron chi connectivity index (χ3n) is 3.35. The number of rotatable bonds is 9. The molecule has 0 unspecified atom stereocenters. The number of aryl methyl sites for hydroxylation is 1. The second kappa shape index (κ2) is 7.22. The highest BCUT2D eigenvalue weighted by atomic mass is 32.1. The van der Waals surface area contributed by atoms with Crippen molar-refractivity contribution in [2.75, 3.05) is 31.7 Å². The highest BCUT2D eigenvalue weighted by Crippen LogP contribution is 2.29. The lowest BCUT2D eigenvalue weighted by molar-refractivity contribution is 0.131. The van der Waals surface area contributed by atoms with Crippen LogP contribution in [0.3, 0.4) is 0 Å². The van der Waals surface area contributed by atoms with Crippen molar-refractivity contribution in [3.05, 3.63) is 10.6 Å². The molecule has 108 valence electrons. The Morgan fingerprint density at radius 2 is 2.26 bits per heavy atom. The van der Waals surface area contributed by atoms with Gasteiger partial charge in [-0.1, -0.05) is 24.7 Å². The van der Waals surface area contributed by atoms with Crippen LogP contribution < -0.4 is 4.90 Å². The maximum Gasteiger partial charge on any atom is 0.185 e. The Morgan fingerprint density at radius 3 is 2.89 bits per heavy atom. The molecule has 5 heteroatoms. The summed E-state index contributed by atoms with van der Waals surface area (Å²) < 4.78 is 5.65.